The molecule has 1 amide bonds. The van der Waals surface area contributed by atoms with Gasteiger partial charge in [-0.15, -0.1) is 0 Å². The summed E-state index contributed by atoms with van der Waals surface area (Å²) in [6.07, 6.45) is -0.542. The predicted octanol–water partition coefficient (Wildman–Crippen LogP) is 2.55. The number of ether oxygens (including phenoxy) is 1. The molecule has 1 aromatic carbocycles. The maximum absolute atomic E-state index is 12.1. The van der Waals surface area contributed by atoms with E-state index in [0.717, 1.165) is 11.0 Å². The second-order valence-corrected chi connectivity index (χ2v) is 5.49. The van der Waals surface area contributed by atoms with Gasteiger partial charge in [-0.05, 0) is 48.1 Å². The fourth-order valence-corrected chi connectivity index (χ4v) is 2.29. The molecule has 0 saturated carbocycles. The first-order valence-electron chi connectivity index (χ1n) is 5.97. The summed E-state index contributed by atoms with van der Waals surface area (Å²) in [5.41, 5.74) is 0. The number of rotatable bonds is 6. The highest BCUT2D eigenvalue weighted by Gasteiger charge is 2.19. The van der Waals surface area contributed by atoms with E-state index >= 15 is 0 Å². The van der Waals surface area contributed by atoms with Gasteiger partial charge in [0, 0.05) is 25.2 Å². The lowest BCUT2D eigenvalue weighted by Crippen LogP contribution is -2.40. The Morgan fingerprint density at radius 2 is 2.26 bits per heavy atom. The molecular weight excluding hydrogens is 332 g/mol. The van der Waals surface area contributed by atoms with E-state index in [4.69, 9.17) is 16.3 Å². The zero-order chi connectivity index (χ0) is 14.4. The Hall–Kier alpha value is -0.780. The van der Waals surface area contributed by atoms with Crippen molar-refractivity contribution in [1.29, 1.82) is 0 Å². The second-order valence-electron chi connectivity index (χ2n) is 4.20. The smallest absolute Gasteiger partial charge is 0.263 e. The van der Waals surface area contributed by atoms with Gasteiger partial charge in [0.15, 0.2) is 6.10 Å². The van der Waals surface area contributed by atoms with Gasteiger partial charge in [0.2, 0.25) is 0 Å². The number of halogens is 2. The van der Waals surface area contributed by atoms with Gasteiger partial charge in [-0.3, -0.25) is 4.79 Å². The first kappa shape index (κ1) is 16.3. The largest absolute Gasteiger partial charge is 0.480 e. The molecule has 0 aliphatic carbocycles. The quantitative estimate of drug-likeness (QED) is 0.858. The van der Waals surface area contributed by atoms with Crippen LogP contribution in [0, 0.1) is 0 Å². The lowest BCUT2D eigenvalue weighted by Gasteiger charge is -2.22. The van der Waals surface area contributed by atoms with Crippen LogP contribution in [0.5, 0.6) is 5.75 Å². The van der Waals surface area contributed by atoms with E-state index in [1.165, 1.54) is 0 Å². The SMILES string of the molecule is CNCCN(C)C(=O)C(C)Oc1ccc(Cl)cc1Br. The van der Waals surface area contributed by atoms with Crippen molar-refractivity contribution in [2.24, 2.45) is 0 Å². The topological polar surface area (TPSA) is 41.6 Å². The lowest BCUT2D eigenvalue weighted by molar-refractivity contribution is -0.136. The van der Waals surface area contributed by atoms with Crippen LogP contribution in [0.15, 0.2) is 22.7 Å². The number of hydrogen-bond acceptors (Lipinski definition) is 3. The Morgan fingerprint density at radius 1 is 1.58 bits per heavy atom. The molecule has 1 rings (SSSR count). The number of nitrogens with zero attached hydrogens (tertiary/aromatic N) is 1. The highest BCUT2D eigenvalue weighted by molar-refractivity contribution is 9.10. The third-order valence-corrected chi connectivity index (χ3v) is 3.47. The van der Waals surface area contributed by atoms with E-state index < -0.39 is 6.10 Å². The number of benzene rings is 1. The highest BCUT2D eigenvalue weighted by Crippen LogP contribution is 2.28. The summed E-state index contributed by atoms with van der Waals surface area (Å²) in [5.74, 6) is 0.546. The average Bonchev–Trinajstić information content (AvgIpc) is 2.38. The Kier molecular flexibility index (Phi) is 6.62. The monoisotopic (exact) mass is 348 g/mol. The molecule has 0 radical (unpaired) electrons. The second kappa shape index (κ2) is 7.72. The van der Waals surface area contributed by atoms with E-state index in [9.17, 15) is 4.79 Å². The molecule has 19 heavy (non-hydrogen) atoms. The Labute approximate surface area is 127 Å². The number of amides is 1. The molecule has 0 aliphatic heterocycles. The van der Waals surface area contributed by atoms with Crippen LogP contribution in [0.4, 0.5) is 0 Å². The van der Waals surface area contributed by atoms with Crippen LogP contribution in [0.1, 0.15) is 6.92 Å². The fraction of sp³-hybridized carbons (Fsp3) is 0.462. The van der Waals surface area contributed by atoms with Gasteiger partial charge in [0.1, 0.15) is 5.75 Å². The van der Waals surface area contributed by atoms with E-state index in [1.54, 1.807) is 37.1 Å². The molecule has 0 fully saturated rings. The van der Waals surface area contributed by atoms with Crippen LogP contribution in [0.2, 0.25) is 5.02 Å². The van der Waals surface area contributed by atoms with Crippen LogP contribution >= 0.6 is 27.5 Å². The van der Waals surface area contributed by atoms with Crippen LogP contribution < -0.4 is 10.1 Å². The summed E-state index contributed by atoms with van der Waals surface area (Å²) in [6.45, 7) is 3.13. The summed E-state index contributed by atoms with van der Waals surface area (Å²) >= 11 is 9.22. The normalized spacial score (nSPS) is 12.1. The molecule has 0 saturated heterocycles. The molecular formula is C13H18BrClN2O2. The predicted molar refractivity (Wildman–Crippen MR) is 80.8 cm³/mol. The van der Waals surface area contributed by atoms with Crippen LogP contribution in [-0.2, 0) is 4.79 Å². The van der Waals surface area contributed by atoms with Crippen molar-refractivity contribution in [1.82, 2.24) is 10.2 Å². The molecule has 1 unspecified atom stereocenters. The molecule has 0 heterocycles. The average molecular weight is 350 g/mol. The number of hydrogen-bond donors (Lipinski definition) is 1. The van der Waals surface area contributed by atoms with Crippen LogP contribution in [-0.4, -0.2) is 44.1 Å². The Bertz CT molecular complexity index is 443. The number of carbonyl (C=O) groups excluding carboxylic acids is 1. The van der Waals surface area contributed by atoms with E-state index in [-0.39, 0.29) is 5.91 Å². The summed E-state index contributed by atoms with van der Waals surface area (Å²) in [6, 6.07) is 5.20. The molecule has 0 aromatic heterocycles. The van der Waals surface area contributed by atoms with Crippen molar-refractivity contribution in [3.63, 3.8) is 0 Å². The number of nitrogens with one attached hydrogen (secondary N) is 1. The Morgan fingerprint density at radius 3 is 2.84 bits per heavy atom. The molecule has 106 valence electrons. The summed E-state index contributed by atoms with van der Waals surface area (Å²) < 4.78 is 6.38. The first-order chi connectivity index (χ1) is 8.95. The van der Waals surface area contributed by atoms with Crippen molar-refractivity contribution >= 4 is 33.4 Å². The Balaban J connectivity index is 2.63. The first-order valence-corrected chi connectivity index (χ1v) is 7.14. The van der Waals surface area contributed by atoms with E-state index in [2.05, 4.69) is 21.2 Å². The fourth-order valence-electron chi connectivity index (χ4n) is 1.51. The van der Waals surface area contributed by atoms with E-state index in [1.807, 2.05) is 7.05 Å². The lowest BCUT2D eigenvalue weighted by atomic mass is 10.3. The number of likely N-dealkylation sites (N-methyl/N-ethyl adjacent to an activating group) is 2. The maximum atomic E-state index is 12.1. The summed E-state index contributed by atoms with van der Waals surface area (Å²) in [7, 11) is 3.61. The van der Waals surface area contributed by atoms with Gasteiger partial charge in [0.25, 0.3) is 5.91 Å². The van der Waals surface area contributed by atoms with Crippen LogP contribution in [0.25, 0.3) is 0 Å². The molecule has 0 aliphatic rings. The van der Waals surface area contributed by atoms with Crippen molar-refractivity contribution < 1.29 is 9.53 Å². The summed E-state index contributed by atoms with van der Waals surface area (Å²) in [5, 5.41) is 3.62. The minimum atomic E-state index is -0.542. The van der Waals surface area contributed by atoms with Gasteiger partial charge in [0.05, 0.1) is 4.47 Å². The minimum Gasteiger partial charge on any atom is -0.480 e. The third-order valence-electron chi connectivity index (χ3n) is 2.62. The van der Waals surface area contributed by atoms with E-state index in [0.29, 0.717) is 17.3 Å². The molecule has 1 aromatic rings. The van der Waals surface area contributed by atoms with Crippen LogP contribution in [0.3, 0.4) is 0 Å². The van der Waals surface area contributed by atoms with Crippen molar-refractivity contribution in [3.8, 4) is 5.75 Å². The maximum Gasteiger partial charge on any atom is 0.263 e. The molecule has 1 N–H and O–H groups in total. The van der Waals surface area contributed by atoms with Gasteiger partial charge >= 0.3 is 0 Å². The zero-order valence-electron chi connectivity index (χ0n) is 11.2. The zero-order valence-corrected chi connectivity index (χ0v) is 13.6. The standard InChI is InChI=1S/C13H18BrClN2O2/c1-9(13(18)17(3)7-6-16-2)19-12-5-4-10(15)8-11(12)14/h4-5,8-9,16H,6-7H2,1-3H3. The molecule has 0 bridgehead atoms. The number of carbonyl (C=O) groups is 1. The molecule has 6 heteroatoms. The van der Waals surface area contributed by atoms with Gasteiger partial charge in [-0.25, -0.2) is 0 Å². The molecule has 1 atom stereocenters. The third kappa shape index (κ3) is 5.01. The van der Waals surface area contributed by atoms with Gasteiger partial charge in [-0.2, -0.15) is 0 Å². The summed E-state index contributed by atoms with van der Waals surface area (Å²) in [4.78, 5) is 13.7. The van der Waals surface area contributed by atoms with Gasteiger partial charge in [-0.1, -0.05) is 11.6 Å². The molecule has 4 nitrogen and oxygen atoms in total. The van der Waals surface area contributed by atoms with Crippen molar-refractivity contribution in [3.05, 3.63) is 27.7 Å². The molecule has 0 spiro atoms. The van der Waals surface area contributed by atoms with Crippen molar-refractivity contribution in [2.75, 3.05) is 27.2 Å². The van der Waals surface area contributed by atoms with Crippen molar-refractivity contribution in [2.45, 2.75) is 13.0 Å². The minimum absolute atomic E-state index is 0.0582. The highest BCUT2D eigenvalue weighted by atomic mass is 79.9. The van der Waals surface area contributed by atoms with Gasteiger partial charge < -0.3 is 15.0 Å².